The molecular formula is C24H19FN2O3S. The minimum Gasteiger partial charge on any atom is -0.294 e. The van der Waals surface area contributed by atoms with Gasteiger partial charge in [-0.25, -0.2) is 12.8 Å². The molecular weight excluding hydrogens is 415 g/mol. The normalized spacial score (nSPS) is 13.4. The summed E-state index contributed by atoms with van der Waals surface area (Å²) in [4.78, 5) is 12.7. The highest BCUT2D eigenvalue weighted by Crippen LogP contribution is 2.33. The first kappa shape index (κ1) is 20.8. The molecule has 0 aromatic heterocycles. The van der Waals surface area contributed by atoms with Gasteiger partial charge in [0.1, 0.15) is 5.82 Å². The van der Waals surface area contributed by atoms with Crippen molar-refractivity contribution < 1.29 is 17.6 Å². The molecule has 0 saturated carbocycles. The summed E-state index contributed by atoms with van der Waals surface area (Å²) in [7, 11) is -3.85. The molecule has 0 fully saturated rings. The lowest BCUT2D eigenvalue weighted by atomic mass is 9.97. The first-order valence-corrected chi connectivity index (χ1v) is 11.3. The van der Waals surface area contributed by atoms with E-state index in [-0.39, 0.29) is 17.1 Å². The fourth-order valence-electron chi connectivity index (χ4n) is 3.73. The largest absolute Gasteiger partial charge is 0.294 e. The molecule has 1 aliphatic heterocycles. The summed E-state index contributed by atoms with van der Waals surface area (Å²) >= 11 is 0. The average molecular weight is 434 g/mol. The van der Waals surface area contributed by atoms with Crippen molar-refractivity contribution in [2.24, 2.45) is 0 Å². The van der Waals surface area contributed by atoms with Gasteiger partial charge < -0.3 is 0 Å². The standard InChI is InChI=1S/C24H19FN2O3S/c25-21-8-10-22(11-9-21)31(29,30)27-12-2-5-19-7-6-17(14-23(19)27)15-24(28)20-4-1-3-18(13-20)16-26/h1,3-4,6-11,13-14H,2,5,12,15H2. The zero-order chi connectivity index (χ0) is 22.0. The molecule has 4 rings (SSSR count). The van der Waals surface area contributed by atoms with Gasteiger partial charge in [0.2, 0.25) is 0 Å². The lowest BCUT2D eigenvalue weighted by molar-refractivity contribution is 0.0993. The van der Waals surface area contributed by atoms with Crippen LogP contribution in [-0.2, 0) is 22.9 Å². The molecule has 0 atom stereocenters. The molecule has 3 aromatic rings. The molecule has 156 valence electrons. The van der Waals surface area contributed by atoms with Crippen molar-refractivity contribution in [3.05, 3.63) is 94.8 Å². The smallest absolute Gasteiger partial charge is 0.264 e. The Hall–Kier alpha value is -3.50. The van der Waals surface area contributed by atoms with E-state index >= 15 is 0 Å². The van der Waals surface area contributed by atoms with Gasteiger partial charge in [-0.15, -0.1) is 0 Å². The summed E-state index contributed by atoms with van der Waals surface area (Å²) in [5.41, 5.74) is 2.97. The third-order valence-corrected chi connectivity index (χ3v) is 7.13. The summed E-state index contributed by atoms with van der Waals surface area (Å²) in [6.07, 6.45) is 1.50. The van der Waals surface area contributed by atoms with Gasteiger partial charge in [-0.3, -0.25) is 9.10 Å². The van der Waals surface area contributed by atoms with Crippen molar-refractivity contribution >= 4 is 21.5 Å². The molecule has 3 aromatic carbocycles. The highest BCUT2D eigenvalue weighted by molar-refractivity contribution is 7.92. The van der Waals surface area contributed by atoms with Gasteiger partial charge in [0.15, 0.2) is 5.78 Å². The summed E-state index contributed by atoms with van der Waals surface area (Å²) < 4.78 is 41.0. The number of carbonyl (C=O) groups is 1. The van der Waals surface area contributed by atoms with Gasteiger partial charge in [0, 0.05) is 18.5 Å². The highest BCUT2D eigenvalue weighted by Gasteiger charge is 2.29. The Kier molecular flexibility index (Phi) is 5.57. The van der Waals surface area contributed by atoms with E-state index in [0.29, 0.717) is 35.3 Å². The van der Waals surface area contributed by atoms with Crippen LogP contribution < -0.4 is 4.31 Å². The second-order valence-electron chi connectivity index (χ2n) is 7.39. The van der Waals surface area contributed by atoms with Crippen molar-refractivity contribution in [1.29, 1.82) is 5.26 Å². The van der Waals surface area contributed by atoms with Gasteiger partial charge in [-0.2, -0.15) is 5.26 Å². The Labute approximate surface area is 180 Å². The maximum Gasteiger partial charge on any atom is 0.264 e. The van der Waals surface area contributed by atoms with Crippen LogP contribution in [0.3, 0.4) is 0 Å². The van der Waals surface area contributed by atoms with Crippen molar-refractivity contribution in [2.75, 3.05) is 10.8 Å². The number of nitrogens with zero attached hydrogens (tertiary/aromatic N) is 2. The molecule has 0 radical (unpaired) electrons. The first-order valence-electron chi connectivity index (χ1n) is 9.82. The zero-order valence-electron chi connectivity index (χ0n) is 16.6. The maximum atomic E-state index is 13.3. The SMILES string of the molecule is N#Cc1cccc(C(=O)Cc2ccc3c(c2)N(S(=O)(=O)c2ccc(F)cc2)CCC3)c1. The molecule has 0 N–H and O–H groups in total. The van der Waals surface area contributed by atoms with Crippen molar-refractivity contribution in [1.82, 2.24) is 0 Å². The molecule has 0 saturated heterocycles. The van der Waals surface area contributed by atoms with Crippen LogP contribution in [0.5, 0.6) is 0 Å². The number of sulfonamides is 1. The fraction of sp³-hybridized carbons (Fsp3) is 0.167. The van der Waals surface area contributed by atoms with Gasteiger partial charge in [-0.1, -0.05) is 24.3 Å². The molecule has 31 heavy (non-hydrogen) atoms. The van der Waals surface area contributed by atoms with Gasteiger partial charge in [0.25, 0.3) is 10.0 Å². The molecule has 7 heteroatoms. The van der Waals surface area contributed by atoms with Crippen LogP contribution in [0.15, 0.2) is 71.6 Å². The fourth-order valence-corrected chi connectivity index (χ4v) is 5.26. The lowest BCUT2D eigenvalue weighted by Crippen LogP contribution is -2.35. The highest BCUT2D eigenvalue weighted by atomic mass is 32.2. The number of benzene rings is 3. The van der Waals surface area contributed by atoms with E-state index in [4.69, 9.17) is 5.26 Å². The Morgan fingerprint density at radius 2 is 1.84 bits per heavy atom. The van der Waals surface area contributed by atoms with E-state index < -0.39 is 15.8 Å². The Balaban J connectivity index is 1.65. The van der Waals surface area contributed by atoms with Crippen LogP contribution >= 0.6 is 0 Å². The van der Waals surface area contributed by atoms with E-state index in [1.165, 1.54) is 16.4 Å². The second kappa shape index (κ2) is 8.32. The third-order valence-electron chi connectivity index (χ3n) is 5.31. The van der Waals surface area contributed by atoms with Crippen molar-refractivity contribution in [3.8, 4) is 6.07 Å². The molecule has 1 aliphatic rings. The predicted octanol–water partition coefficient (Wildman–Crippen LogP) is 4.26. The molecule has 5 nitrogen and oxygen atoms in total. The summed E-state index contributed by atoms with van der Waals surface area (Å²) in [5.74, 6) is -0.653. The number of anilines is 1. The number of ketones is 1. The van der Waals surface area contributed by atoms with Crippen LogP contribution in [0, 0.1) is 17.1 Å². The van der Waals surface area contributed by atoms with Crippen LogP contribution in [0.25, 0.3) is 0 Å². The Morgan fingerprint density at radius 1 is 1.06 bits per heavy atom. The van der Waals surface area contributed by atoms with Gasteiger partial charge in [-0.05, 0) is 66.4 Å². The Morgan fingerprint density at radius 3 is 2.58 bits per heavy atom. The number of hydrogen-bond donors (Lipinski definition) is 0. The number of carbonyl (C=O) groups excluding carboxylic acids is 1. The van der Waals surface area contributed by atoms with E-state index in [1.54, 1.807) is 30.3 Å². The van der Waals surface area contributed by atoms with E-state index in [0.717, 1.165) is 24.1 Å². The van der Waals surface area contributed by atoms with Gasteiger partial charge >= 0.3 is 0 Å². The van der Waals surface area contributed by atoms with E-state index in [2.05, 4.69) is 0 Å². The third kappa shape index (κ3) is 4.21. The summed E-state index contributed by atoms with van der Waals surface area (Å²) in [6, 6.07) is 18.7. The van der Waals surface area contributed by atoms with Crippen LogP contribution in [0.2, 0.25) is 0 Å². The van der Waals surface area contributed by atoms with E-state index in [1.807, 2.05) is 18.2 Å². The number of hydrogen-bond acceptors (Lipinski definition) is 4. The number of fused-ring (bicyclic) bond motifs is 1. The maximum absolute atomic E-state index is 13.3. The minimum atomic E-state index is -3.85. The number of rotatable bonds is 5. The van der Waals surface area contributed by atoms with Crippen LogP contribution in [0.4, 0.5) is 10.1 Å². The van der Waals surface area contributed by atoms with E-state index in [9.17, 15) is 17.6 Å². The zero-order valence-corrected chi connectivity index (χ0v) is 17.4. The predicted molar refractivity (Wildman–Crippen MR) is 115 cm³/mol. The van der Waals surface area contributed by atoms with Crippen molar-refractivity contribution in [3.63, 3.8) is 0 Å². The number of Topliss-reactive ketones (excluding diaryl/α,β-unsaturated/α-hetero) is 1. The number of nitriles is 1. The number of halogens is 1. The van der Waals surface area contributed by atoms with Crippen LogP contribution in [-0.4, -0.2) is 20.7 Å². The summed E-state index contributed by atoms with van der Waals surface area (Å²) in [6.45, 7) is 0.314. The quantitative estimate of drug-likeness (QED) is 0.562. The van der Waals surface area contributed by atoms with Crippen LogP contribution in [0.1, 0.15) is 33.5 Å². The number of aryl methyl sites for hydroxylation is 1. The van der Waals surface area contributed by atoms with Gasteiger partial charge in [0.05, 0.1) is 22.2 Å². The minimum absolute atomic E-state index is 0.0246. The first-order chi connectivity index (χ1) is 14.9. The molecule has 0 bridgehead atoms. The van der Waals surface area contributed by atoms with Crippen molar-refractivity contribution in [2.45, 2.75) is 24.2 Å². The molecule has 0 amide bonds. The molecule has 0 spiro atoms. The second-order valence-corrected chi connectivity index (χ2v) is 9.25. The summed E-state index contributed by atoms with van der Waals surface area (Å²) in [5, 5.41) is 9.04. The topological polar surface area (TPSA) is 78.2 Å². The Bertz CT molecular complexity index is 1300. The molecule has 0 aliphatic carbocycles. The lowest BCUT2D eigenvalue weighted by Gasteiger charge is -2.31. The molecule has 1 heterocycles. The monoisotopic (exact) mass is 434 g/mol. The molecule has 0 unspecified atom stereocenters. The average Bonchev–Trinajstić information content (AvgIpc) is 2.79.